The molecule has 15 nitrogen and oxygen atoms in total. The van der Waals surface area contributed by atoms with Crippen molar-refractivity contribution in [3.05, 3.63) is 108 Å². The minimum Gasteiger partial charge on any atom is -0.453 e. The molecular formula is C51H56N8O7S. The minimum absolute atomic E-state index is 0.0684. The van der Waals surface area contributed by atoms with Crippen LogP contribution < -0.4 is 10.6 Å². The van der Waals surface area contributed by atoms with Crippen LogP contribution in [0.2, 0.25) is 0 Å². The van der Waals surface area contributed by atoms with E-state index in [4.69, 9.17) is 24.2 Å². The van der Waals surface area contributed by atoms with Gasteiger partial charge in [0.1, 0.15) is 23.7 Å². The molecule has 2 aliphatic heterocycles. The number of fused-ring (bicyclic) bond motifs is 6. The molecule has 1 unspecified atom stereocenters. The fraction of sp³-hybridized carbons (Fsp3) is 0.353. The molecule has 4 N–H and O–H groups in total. The summed E-state index contributed by atoms with van der Waals surface area (Å²) in [6, 6.07) is 27.8. The van der Waals surface area contributed by atoms with Crippen LogP contribution in [0.15, 0.2) is 91.0 Å². The fourth-order valence-electron chi connectivity index (χ4n) is 9.84. The maximum atomic E-state index is 14.4. The largest absolute Gasteiger partial charge is 0.453 e. The minimum atomic E-state index is -0.947. The molecule has 2 aromatic heterocycles. The SMILES string of the molecule is C=S(C)[C@H]1C[C@@H](c2nc3c(ccc4cc(-c5ccc6c(ccc7[nH]c([C@@H]8C[C@H](COC)CN8C(=O)[C@H](NC(=O)OC)c8ccccc8)nc76)c5)ccc43)[nH]2)N(C(=O)[C@@H](NC(=O)OC)C(C)C)C1. The molecule has 2 saturated heterocycles. The first-order chi connectivity index (χ1) is 32.3. The van der Waals surface area contributed by atoms with Crippen molar-refractivity contribution in [2.45, 2.75) is 56.1 Å². The number of nitrogens with one attached hydrogen (secondary N) is 4. The summed E-state index contributed by atoms with van der Waals surface area (Å²) in [6.07, 6.45) is 2.12. The topological polar surface area (TPSA) is 184 Å². The van der Waals surface area contributed by atoms with E-state index >= 15 is 0 Å². The normalized spacial score (nSPS) is 19.9. The van der Waals surface area contributed by atoms with Gasteiger partial charge >= 0.3 is 12.2 Å². The highest BCUT2D eigenvalue weighted by molar-refractivity contribution is 8.14. The Kier molecular flexibility index (Phi) is 12.8. The van der Waals surface area contributed by atoms with Crippen LogP contribution in [0.1, 0.15) is 62.0 Å². The number of hydrogen-bond acceptors (Lipinski definition) is 9. The molecule has 16 heteroatoms. The Hall–Kier alpha value is -6.78. The number of carbonyl (C=O) groups is 4. The van der Waals surface area contributed by atoms with Gasteiger partial charge in [0.15, 0.2) is 0 Å². The van der Waals surface area contributed by atoms with Gasteiger partial charge in [0.25, 0.3) is 5.91 Å². The Morgan fingerprint density at radius 2 is 1.28 bits per heavy atom. The van der Waals surface area contributed by atoms with Crippen LogP contribution in [-0.2, 0) is 23.8 Å². The van der Waals surface area contributed by atoms with Gasteiger partial charge in [-0.3, -0.25) is 9.59 Å². The van der Waals surface area contributed by atoms with Gasteiger partial charge in [0.2, 0.25) is 5.91 Å². The second-order valence-corrected chi connectivity index (χ2v) is 20.0. The summed E-state index contributed by atoms with van der Waals surface area (Å²) in [6.45, 7) is 5.27. The van der Waals surface area contributed by atoms with Gasteiger partial charge in [-0.15, -0.1) is 0 Å². The summed E-state index contributed by atoms with van der Waals surface area (Å²) in [5.74, 6) is 5.21. The van der Waals surface area contributed by atoms with E-state index in [-0.39, 0.29) is 51.5 Å². The number of H-pyrrole nitrogens is 2. The highest BCUT2D eigenvalue weighted by Crippen LogP contribution is 2.41. The third kappa shape index (κ3) is 8.83. The average Bonchev–Trinajstić information content (AvgIpc) is 4.16. The van der Waals surface area contributed by atoms with Gasteiger partial charge in [-0.25, -0.2) is 19.6 Å². The van der Waals surface area contributed by atoms with Gasteiger partial charge < -0.3 is 44.6 Å². The number of hydrogen-bond donors (Lipinski definition) is 4. The van der Waals surface area contributed by atoms with Crippen molar-refractivity contribution in [2.24, 2.45) is 11.8 Å². The number of nitrogens with zero attached hydrogens (tertiary/aromatic N) is 4. The lowest BCUT2D eigenvalue weighted by atomic mass is 9.98. The zero-order valence-corrected chi connectivity index (χ0v) is 39.3. The number of likely N-dealkylation sites (tertiary alicyclic amines) is 2. The van der Waals surface area contributed by atoms with E-state index in [1.807, 2.05) is 61.2 Å². The monoisotopic (exact) mass is 924 g/mol. The standard InChI is InChI=1S/C51H56N8O7S/c1-28(2)42(56-50(62)65-4)48(60)59-26-35(67(6)7)24-41(59)47-53-39-20-16-34-23-32(14-18-37(34)45(39)55-47)31-13-17-36-33(22-31)15-19-38-44(36)54-46(52-38)40-21-29(27-64-3)25-58(40)49(61)43(57-51(63)66-5)30-11-9-8-10-12-30/h8-20,22-23,28-29,35,40-43H,6,21,24-27H2,1-5,7H3,(H,52,54)(H,53,55)(H,56,62)(H,57,63)/t29-,35-,40-,41-,42-,43+,67?/m0/s1. The van der Waals surface area contributed by atoms with Gasteiger partial charge in [-0.2, -0.15) is 10.5 Å². The predicted molar refractivity (Wildman–Crippen MR) is 263 cm³/mol. The van der Waals surface area contributed by atoms with Crippen LogP contribution in [0.5, 0.6) is 0 Å². The summed E-state index contributed by atoms with van der Waals surface area (Å²) in [5, 5.41) is 9.71. The Labute approximate surface area is 390 Å². The van der Waals surface area contributed by atoms with E-state index in [1.165, 1.54) is 14.2 Å². The Morgan fingerprint density at radius 1 is 0.731 bits per heavy atom. The number of amides is 4. The van der Waals surface area contributed by atoms with Crippen molar-refractivity contribution in [3.8, 4) is 11.1 Å². The average molecular weight is 925 g/mol. The third-order valence-electron chi connectivity index (χ3n) is 13.3. The molecule has 0 radical (unpaired) electrons. The Morgan fingerprint density at radius 3 is 1.82 bits per heavy atom. The summed E-state index contributed by atoms with van der Waals surface area (Å²) < 4.78 is 15.3. The van der Waals surface area contributed by atoms with Crippen LogP contribution in [0.3, 0.4) is 0 Å². The number of imidazole rings is 2. The first-order valence-electron chi connectivity index (χ1n) is 22.5. The van der Waals surface area contributed by atoms with Gasteiger partial charge in [0.05, 0.1) is 55.0 Å². The molecule has 348 valence electrons. The summed E-state index contributed by atoms with van der Waals surface area (Å²) >= 11 is 0. The lowest BCUT2D eigenvalue weighted by molar-refractivity contribution is -0.136. The zero-order valence-electron chi connectivity index (χ0n) is 38.5. The molecule has 67 heavy (non-hydrogen) atoms. The number of aromatic nitrogens is 4. The first-order valence-corrected chi connectivity index (χ1v) is 24.4. The first kappa shape index (κ1) is 45.4. The molecule has 0 saturated carbocycles. The second-order valence-electron chi connectivity index (χ2n) is 18.0. The van der Waals surface area contributed by atoms with Crippen molar-refractivity contribution in [3.63, 3.8) is 0 Å². The highest BCUT2D eigenvalue weighted by Gasteiger charge is 2.43. The molecular weight excluding hydrogens is 869 g/mol. The van der Waals surface area contributed by atoms with Crippen molar-refractivity contribution in [1.29, 1.82) is 0 Å². The number of aromatic amines is 2. The molecule has 7 atom stereocenters. The molecule has 0 bridgehead atoms. The van der Waals surface area contributed by atoms with Crippen molar-refractivity contribution in [1.82, 2.24) is 40.4 Å². The summed E-state index contributed by atoms with van der Waals surface area (Å²) in [4.78, 5) is 74.3. The van der Waals surface area contributed by atoms with E-state index < -0.39 is 24.3 Å². The van der Waals surface area contributed by atoms with Crippen LogP contribution in [0.25, 0.3) is 54.7 Å². The number of methoxy groups -OCH3 is 3. The van der Waals surface area contributed by atoms with Gasteiger partial charge in [-0.1, -0.05) is 86.4 Å². The van der Waals surface area contributed by atoms with E-state index in [0.717, 1.165) is 54.7 Å². The Balaban J connectivity index is 1.00. The van der Waals surface area contributed by atoms with Crippen LogP contribution in [0, 0.1) is 11.8 Å². The maximum absolute atomic E-state index is 14.4. The zero-order chi connectivity index (χ0) is 47.1. The highest BCUT2D eigenvalue weighted by atomic mass is 32.2. The Bertz CT molecular complexity index is 3040. The number of rotatable bonds is 12. The van der Waals surface area contributed by atoms with Crippen LogP contribution >= 0.6 is 10.5 Å². The molecule has 5 aromatic carbocycles. The third-order valence-corrected chi connectivity index (χ3v) is 14.8. The molecule has 0 aliphatic carbocycles. The van der Waals surface area contributed by atoms with Crippen LogP contribution in [-0.4, -0.2) is 118 Å². The van der Waals surface area contributed by atoms with E-state index in [0.29, 0.717) is 49.8 Å². The quantitative estimate of drug-likeness (QED) is 0.0875. The summed E-state index contributed by atoms with van der Waals surface area (Å²) in [5.41, 5.74) is 6.12. The molecule has 4 amide bonds. The van der Waals surface area contributed by atoms with Crippen LogP contribution in [0.4, 0.5) is 9.59 Å². The van der Waals surface area contributed by atoms with E-state index in [1.54, 1.807) is 12.0 Å². The molecule has 2 aliphatic rings. The molecule has 7 aromatic rings. The molecule has 0 spiro atoms. The summed E-state index contributed by atoms with van der Waals surface area (Å²) in [7, 11) is 4.05. The smallest absolute Gasteiger partial charge is 0.407 e. The fourth-order valence-corrected chi connectivity index (χ4v) is 10.8. The van der Waals surface area contributed by atoms with E-state index in [2.05, 4.69) is 81.3 Å². The maximum Gasteiger partial charge on any atom is 0.407 e. The second kappa shape index (κ2) is 18.8. The van der Waals surface area contributed by atoms with Crippen molar-refractivity contribution < 1.29 is 33.4 Å². The lowest BCUT2D eigenvalue weighted by Crippen LogP contribution is -2.51. The van der Waals surface area contributed by atoms with Crippen molar-refractivity contribution >= 4 is 84.0 Å². The number of alkyl carbamates (subject to hydrolysis) is 2. The van der Waals surface area contributed by atoms with Gasteiger partial charge in [-0.05, 0) is 76.7 Å². The van der Waals surface area contributed by atoms with Crippen molar-refractivity contribution in [2.75, 3.05) is 47.3 Å². The lowest BCUT2D eigenvalue weighted by Gasteiger charge is -2.30. The molecule has 2 fully saturated rings. The number of benzene rings is 5. The molecule has 4 heterocycles. The van der Waals surface area contributed by atoms with Gasteiger partial charge in [0, 0.05) is 42.1 Å². The van der Waals surface area contributed by atoms with E-state index in [9.17, 15) is 19.2 Å². The predicted octanol–water partition coefficient (Wildman–Crippen LogP) is 8.40. The number of carbonyl (C=O) groups excluding carboxylic acids is 4. The molecule has 9 rings (SSSR count). The number of ether oxygens (including phenoxy) is 3.